The number of nitrogens with one attached hydrogen (secondary N) is 1. The Morgan fingerprint density at radius 2 is 1.62 bits per heavy atom. The van der Waals surface area contributed by atoms with Crippen molar-refractivity contribution in [3.8, 4) is 5.75 Å². The number of ether oxygens (including phenoxy) is 1. The lowest BCUT2D eigenvalue weighted by Gasteiger charge is -2.12. The Bertz CT molecular complexity index is 1030. The number of amides is 1. The summed E-state index contributed by atoms with van der Waals surface area (Å²) < 4.78 is 5.18. The number of carboxylic acids is 1. The van der Waals surface area contributed by atoms with Gasteiger partial charge in [-0.1, -0.05) is 30.3 Å². The molecule has 3 aromatic carbocycles. The average molecular weight is 349 g/mol. The largest absolute Gasteiger partial charge is 0.478 e. The first-order valence-corrected chi connectivity index (χ1v) is 7.80. The van der Waals surface area contributed by atoms with Crippen LogP contribution in [0.25, 0.3) is 10.8 Å². The van der Waals surface area contributed by atoms with E-state index >= 15 is 0 Å². The second-order valence-corrected chi connectivity index (χ2v) is 5.63. The number of rotatable bonds is 4. The highest BCUT2D eigenvalue weighted by Gasteiger charge is 2.16. The predicted molar refractivity (Wildman–Crippen MR) is 96.6 cm³/mol. The number of carbonyl (C=O) groups is 3. The van der Waals surface area contributed by atoms with Crippen molar-refractivity contribution in [1.29, 1.82) is 0 Å². The van der Waals surface area contributed by atoms with Crippen LogP contribution in [-0.2, 0) is 4.79 Å². The highest BCUT2D eigenvalue weighted by Crippen LogP contribution is 2.27. The maximum atomic E-state index is 12.7. The highest BCUT2D eigenvalue weighted by atomic mass is 16.5. The maximum absolute atomic E-state index is 12.7. The van der Waals surface area contributed by atoms with Crippen molar-refractivity contribution >= 4 is 34.3 Å². The summed E-state index contributed by atoms with van der Waals surface area (Å²) in [5, 5.41) is 13.3. The second kappa shape index (κ2) is 7.06. The first-order chi connectivity index (χ1) is 12.4. The summed E-state index contributed by atoms with van der Waals surface area (Å²) in [4.78, 5) is 35.1. The van der Waals surface area contributed by atoms with Gasteiger partial charge in [-0.2, -0.15) is 0 Å². The molecule has 130 valence electrons. The minimum absolute atomic E-state index is 0.0570. The van der Waals surface area contributed by atoms with E-state index in [1.54, 1.807) is 18.2 Å². The molecule has 0 fully saturated rings. The quantitative estimate of drug-likeness (QED) is 0.553. The van der Waals surface area contributed by atoms with Gasteiger partial charge in [-0.25, -0.2) is 4.79 Å². The summed E-state index contributed by atoms with van der Waals surface area (Å²) in [5.74, 6) is -1.99. The summed E-state index contributed by atoms with van der Waals surface area (Å²) in [6, 6.07) is 16.5. The number of anilines is 1. The van der Waals surface area contributed by atoms with Gasteiger partial charge in [0, 0.05) is 12.6 Å². The number of hydrogen-bond donors (Lipinski definition) is 2. The lowest BCUT2D eigenvalue weighted by atomic mass is 10.0. The van der Waals surface area contributed by atoms with Crippen molar-refractivity contribution in [3.63, 3.8) is 0 Å². The SMILES string of the molecule is CC(=O)Oc1cc2ccccc2cc1C(=O)Nc1cccc(C(=O)O)c1. The smallest absolute Gasteiger partial charge is 0.335 e. The third-order valence-corrected chi connectivity index (χ3v) is 3.71. The highest BCUT2D eigenvalue weighted by molar-refractivity contribution is 6.09. The van der Waals surface area contributed by atoms with Gasteiger partial charge in [0.2, 0.25) is 0 Å². The fourth-order valence-corrected chi connectivity index (χ4v) is 2.56. The summed E-state index contributed by atoms with van der Waals surface area (Å²) >= 11 is 0. The molecule has 1 amide bonds. The molecular weight excluding hydrogens is 334 g/mol. The third kappa shape index (κ3) is 3.70. The summed E-state index contributed by atoms with van der Waals surface area (Å²) in [7, 11) is 0. The molecule has 0 saturated carbocycles. The topological polar surface area (TPSA) is 92.7 Å². The molecule has 0 atom stereocenters. The number of aromatic carboxylic acids is 1. The molecule has 6 heteroatoms. The molecule has 0 heterocycles. The van der Waals surface area contributed by atoms with Gasteiger partial charge in [0.15, 0.2) is 0 Å². The molecule has 0 bridgehead atoms. The van der Waals surface area contributed by atoms with Gasteiger partial charge >= 0.3 is 11.9 Å². The number of hydrogen-bond acceptors (Lipinski definition) is 4. The molecule has 0 radical (unpaired) electrons. The maximum Gasteiger partial charge on any atom is 0.335 e. The van der Waals surface area contributed by atoms with Crippen LogP contribution in [0.4, 0.5) is 5.69 Å². The van der Waals surface area contributed by atoms with Crippen LogP contribution >= 0.6 is 0 Å². The van der Waals surface area contributed by atoms with E-state index < -0.39 is 17.8 Å². The summed E-state index contributed by atoms with van der Waals surface area (Å²) in [5.41, 5.74) is 0.568. The van der Waals surface area contributed by atoms with E-state index in [1.165, 1.54) is 25.1 Å². The number of carboxylic acid groups (broad SMARTS) is 1. The van der Waals surface area contributed by atoms with Crippen molar-refractivity contribution in [2.75, 3.05) is 5.32 Å². The molecule has 2 N–H and O–H groups in total. The predicted octanol–water partition coefficient (Wildman–Crippen LogP) is 3.72. The molecular formula is C20H15NO5. The Balaban J connectivity index is 1.99. The minimum atomic E-state index is -1.09. The molecule has 0 aliphatic rings. The van der Waals surface area contributed by atoms with Gasteiger partial charge in [-0.3, -0.25) is 9.59 Å². The standard InChI is InChI=1S/C20H15NO5/c1-12(22)26-18-11-14-6-3-2-5-13(14)10-17(18)19(23)21-16-8-4-7-15(9-16)20(24)25/h2-11H,1H3,(H,21,23)(H,24,25). The van der Waals surface area contributed by atoms with Gasteiger partial charge in [-0.15, -0.1) is 0 Å². The molecule has 0 unspecified atom stereocenters. The van der Waals surface area contributed by atoms with Crippen molar-refractivity contribution in [2.24, 2.45) is 0 Å². The van der Waals surface area contributed by atoms with E-state index in [-0.39, 0.29) is 16.9 Å². The van der Waals surface area contributed by atoms with Crippen LogP contribution < -0.4 is 10.1 Å². The molecule has 3 aromatic rings. The van der Waals surface area contributed by atoms with E-state index in [9.17, 15) is 14.4 Å². The Morgan fingerprint density at radius 3 is 2.27 bits per heavy atom. The van der Waals surface area contributed by atoms with Gasteiger partial charge in [0.25, 0.3) is 5.91 Å². The van der Waals surface area contributed by atoms with E-state index in [1.807, 2.05) is 24.3 Å². The molecule has 0 spiro atoms. The van der Waals surface area contributed by atoms with Gasteiger partial charge < -0.3 is 15.2 Å². The van der Waals surface area contributed by atoms with Gasteiger partial charge in [0.1, 0.15) is 5.75 Å². The Labute approximate surface area is 149 Å². The fraction of sp³-hybridized carbons (Fsp3) is 0.0500. The number of esters is 1. The zero-order valence-electron chi connectivity index (χ0n) is 13.9. The van der Waals surface area contributed by atoms with Crippen LogP contribution in [0.15, 0.2) is 60.7 Å². The molecule has 0 aliphatic heterocycles. The Morgan fingerprint density at radius 1 is 0.923 bits per heavy atom. The first-order valence-electron chi connectivity index (χ1n) is 7.80. The Kier molecular flexibility index (Phi) is 4.66. The Hall–Kier alpha value is -3.67. The average Bonchev–Trinajstić information content (AvgIpc) is 2.60. The lowest BCUT2D eigenvalue weighted by molar-refractivity contribution is -0.131. The van der Waals surface area contributed by atoms with Crippen molar-refractivity contribution in [1.82, 2.24) is 0 Å². The van der Waals surface area contributed by atoms with Crippen LogP contribution in [0.1, 0.15) is 27.6 Å². The van der Waals surface area contributed by atoms with Crippen molar-refractivity contribution < 1.29 is 24.2 Å². The van der Waals surface area contributed by atoms with Crippen LogP contribution in [0, 0.1) is 0 Å². The zero-order valence-corrected chi connectivity index (χ0v) is 13.9. The van der Waals surface area contributed by atoms with Crippen LogP contribution in [0.2, 0.25) is 0 Å². The first kappa shape index (κ1) is 17.2. The molecule has 0 saturated heterocycles. The van der Waals surface area contributed by atoms with Crippen molar-refractivity contribution in [3.05, 3.63) is 71.8 Å². The minimum Gasteiger partial charge on any atom is -0.478 e. The number of carbonyl (C=O) groups excluding carboxylic acids is 2. The van der Waals surface area contributed by atoms with E-state index in [0.29, 0.717) is 5.69 Å². The van der Waals surface area contributed by atoms with Gasteiger partial charge in [0.05, 0.1) is 11.1 Å². The number of fused-ring (bicyclic) bond motifs is 1. The normalized spacial score (nSPS) is 10.3. The molecule has 3 rings (SSSR count). The van der Waals surface area contributed by atoms with Crippen LogP contribution in [0.3, 0.4) is 0 Å². The monoisotopic (exact) mass is 349 g/mol. The van der Waals surface area contributed by atoms with Crippen LogP contribution in [-0.4, -0.2) is 23.0 Å². The number of benzene rings is 3. The van der Waals surface area contributed by atoms with Gasteiger partial charge in [-0.05, 0) is 41.1 Å². The fourth-order valence-electron chi connectivity index (χ4n) is 2.56. The molecule has 0 aromatic heterocycles. The second-order valence-electron chi connectivity index (χ2n) is 5.63. The lowest BCUT2D eigenvalue weighted by Crippen LogP contribution is -2.15. The van der Waals surface area contributed by atoms with E-state index in [2.05, 4.69) is 5.32 Å². The van der Waals surface area contributed by atoms with E-state index in [0.717, 1.165) is 10.8 Å². The third-order valence-electron chi connectivity index (χ3n) is 3.71. The van der Waals surface area contributed by atoms with E-state index in [4.69, 9.17) is 9.84 Å². The van der Waals surface area contributed by atoms with Crippen molar-refractivity contribution in [2.45, 2.75) is 6.92 Å². The molecule has 26 heavy (non-hydrogen) atoms. The van der Waals surface area contributed by atoms with Crippen LogP contribution in [0.5, 0.6) is 5.75 Å². The molecule has 6 nitrogen and oxygen atoms in total. The summed E-state index contributed by atoms with van der Waals surface area (Å²) in [6.07, 6.45) is 0. The summed E-state index contributed by atoms with van der Waals surface area (Å²) in [6.45, 7) is 1.26. The molecule has 0 aliphatic carbocycles. The zero-order chi connectivity index (χ0) is 18.7.